The molecule has 0 heterocycles. The number of hydrogen-bond donors (Lipinski definition) is 2. The minimum Gasteiger partial charge on any atom is -0.481 e. The molecular weight excluding hydrogens is 300 g/mol. The van der Waals surface area contributed by atoms with E-state index in [0.717, 1.165) is 4.47 Å². The summed E-state index contributed by atoms with van der Waals surface area (Å²) in [6, 6.07) is 5.08. The molecule has 1 atom stereocenters. The molecule has 0 aliphatic heterocycles. The molecule has 5 nitrogen and oxygen atoms in total. The molecule has 0 aliphatic carbocycles. The van der Waals surface area contributed by atoms with Gasteiger partial charge in [-0.2, -0.15) is 0 Å². The number of carbonyl (C=O) groups is 2. The van der Waals surface area contributed by atoms with E-state index in [9.17, 15) is 9.59 Å². The van der Waals surface area contributed by atoms with Crippen LogP contribution >= 0.6 is 15.9 Å². The van der Waals surface area contributed by atoms with Crippen molar-refractivity contribution in [3.63, 3.8) is 0 Å². The summed E-state index contributed by atoms with van der Waals surface area (Å²) >= 11 is 3.31. The van der Waals surface area contributed by atoms with Crippen molar-refractivity contribution < 1.29 is 14.7 Å². The monoisotopic (exact) mass is 314 g/mol. The van der Waals surface area contributed by atoms with Gasteiger partial charge in [-0.25, -0.2) is 0 Å². The standard InChI is InChI=1S/C12H15BrN2O3/c1-7(12(17)18)6-15(2)10-5-8(13)3-4-9(10)11(14)16/h3-5,7H,6H2,1-2H3,(H2,14,16)(H,17,18). The second-order valence-electron chi connectivity index (χ2n) is 4.15. The first kappa shape index (κ1) is 14.5. The van der Waals surface area contributed by atoms with E-state index in [1.54, 1.807) is 37.1 Å². The fourth-order valence-electron chi connectivity index (χ4n) is 1.62. The number of primary amides is 1. The van der Waals surface area contributed by atoms with Gasteiger partial charge in [0.05, 0.1) is 17.2 Å². The number of rotatable bonds is 5. The third kappa shape index (κ3) is 3.46. The van der Waals surface area contributed by atoms with Gasteiger partial charge in [0.2, 0.25) is 0 Å². The third-order valence-electron chi connectivity index (χ3n) is 2.61. The molecule has 0 fully saturated rings. The molecule has 0 aromatic heterocycles. The Labute approximate surface area is 114 Å². The molecule has 98 valence electrons. The predicted molar refractivity (Wildman–Crippen MR) is 72.7 cm³/mol. The van der Waals surface area contributed by atoms with E-state index in [4.69, 9.17) is 10.8 Å². The minimum atomic E-state index is -0.877. The SMILES string of the molecule is CC(CN(C)c1cc(Br)ccc1C(N)=O)C(=O)O. The molecule has 0 bridgehead atoms. The summed E-state index contributed by atoms with van der Waals surface area (Å²) in [4.78, 5) is 23.9. The van der Waals surface area contributed by atoms with Gasteiger partial charge in [-0.1, -0.05) is 22.9 Å². The van der Waals surface area contributed by atoms with E-state index in [1.165, 1.54) is 0 Å². The molecule has 0 saturated carbocycles. The molecular formula is C12H15BrN2O3. The van der Waals surface area contributed by atoms with Crippen molar-refractivity contribution in [1.82, 2.24) is 0 Å². The van der Waals surface area contributed by atoms with E-state index < -0.39 is 17.8 Å². The van der Waals surface area contributed by atoms with E-state index >= 15 is 0 Å². The van der Waals surface area contributed by atoms with E-state index in [2.05, 4.69) is 15.9 Å². The Morgan fingerprint density at radius 2 is 2.11 bits per heavy atom. The first-order chi connectivity index (χ1) is 8.32. The average Bonchev–Trinajstić information content (AvgIpc) is 2.28. The van der Waals surface area contributed by atoms with Gasteiger partial charge in [-0.05, 0) is 18.2 Å². The number of anilines is 1. The van der Waals surface area contributed by atoms with Crippen LogP contribution < -0.4 is 10.6 Å². The number of halogens is 1. The lowest BCUT2D eigenvalue weighted by atomic mass is 10.1. The van der Waals surface area contributed by atoms with Crippen LogP contribution in [0.3, 0.4) is 0 Å². The Morgan fingerprint density at radius 3 is 2.61 bits per heavy atom. The van der Waals surface area contributed by atoms with Crippen LogP contribution in [0.15, 0.2) is 22.7 Å². The minimum absolute atomic E-state index is 0.298. The molecule has 1 rings (SSSR count). The number of hydrogen-bond acceptors (Lipinski definition) is 3. The van der Waals surface area contributed by atoms with Crippen molar-refractivity contribution in [3.8, 4) is 0 Å². The van der Waals surface area contributed by atoms with Crippen LogP contribution in [0.2, 0.25) is 0 Å². The quantitative estimate of drug-likeness (QED) is 0.866. The van der Waals surface area contributed by atoms with Crippen molar-refractivity contribution in [2.24, 2.45) is 11.7 Å². The highest BCUT2D eigenvalue weighted by molar-refractivity contribution is 9.10. The summed E-state index contributed by atoms with van der Waals surface area (Å²) in [5.74, 6) is -1.94. The van der Waals surface area contributed by atoms with Gasteiger partial charge in [-0.15, -0.1) is 0 Å². The van der Waals surface area contributed by atoms with Crippen LogP contribution in [0.1, 0.15) is 17.3 Å². The maximum atomic E-state index is 11.3. The van der Waals surface area contributed by atoms with Gasteiger partial charge in [-0.3, -0.25) is 9.59 Å². The molecule has 0 aliphatic rings. The molecule has 18 heavy (non-hydrogen) atoms. The largest absolute Gasteiger partial charge is 0.481 e. The van der Waals surface area contributed by atoms with Crippen molar-refractivity contribution in [1.29, 1.82) is 0 Å². The van der Waals surface area contributed by atoms with Gasteiger partial charge >= 0.3 is 5.97 Å². The van der Waals surface area contributed by atoms with Gasteiger partial charge in [0.1, 0.15) is 0 Å². The number of carbonyl (C=O) groups excluding carboxylic acids is 1. The lowest BCUT2D eigenvalue weighted by molar-refractivity contribution is -0.140. The zero-order valence-electron chi connectivity index (χ0n) is 10.2. The summed E-state index contributed by atoms with van der Waals surface area (Å²) in [5, 5.41) is 8.88. The molecule has 1 unspecified atom stereocenters. The molecule has 0 spiro atoms. The van der Waals surface area contributed by atoms with Gasteiger partial charge < -0.3 is 15.7 Å². The van der Waals surface area contributed by atoms with Crippen LogP contribution in [0.5, 0.6) is 0 Å². The topological polar surface area (TPSA) is 83.6 Å². The first-order valence-electron chi connectivity index (χ1n) is 5.36. The zero-order chi connectivity index (χ0) is 13.9. The van der Waals surface area contributed by atoms with Crippen LogP contribution in [0.25, 0.3) is 0 Å². The number of amides is 1. The maximum absolute atomic E-state index is 11.3. The number of nitrogens with zero attached hydrogens (tertiary/aromatic N) is 1. The van der Waals surface area contributed by atoms with Gasteiger partial charge in [0, 0.05) is 18.1 Å². The molecule has 0 radical (unpaired) electrons. The molecule has 6 heteroatoms. The molecule has 1 amide bonds. The molecule has 1 aromatic rings. The Balaban J connectivity index is 3.03. The summed E-state index contributed by atoms with van der Waals surface area (Å²) in [6.07, 6.45) is 0. The number of nitrogens with two attached hydrogens (primary N) is 1. The number of carboxylic acids is 1. The number of benzene rings is 1. The maximum Gasteiger partial charge on any atom is 0.308 e. The normalized spacial score (nSPS) is 11.9. The van der Waals surface area contributed by atoms with Crippen LogP contribution in [0, 0.1) is 5.92 Å². The highest BCUT2D eigenvalue weighted by atomic mass is 79.9. The summed E-state index contributed by atoms with van der Waals surface area (Å²) in [7, 11) is 1.73. The second kappa shape index (κ2) is 5.86. The van der Waals surface area contributed by atoms with Crippen LogP contribution in [-0.4, -0.2) is 30.6 Å². The predicted octanol–water partition coefficient (Wildman–Crippen LogP) is 1.70. The Hall–Kier alpha value is -1.56. The molecule has 1 aromatic carbocycles. The van der Waals surface area contributed by atoms with Crippen LogP contribution in [0.4, 0.5) is 5.69 Å². The highest BCUT2D eigenvalue weighted by Gasteiger charge is 2.17. The fraction of sp³-hybridized carbons (Fsp3) is 0.333. The zero-order valence-corrected chi connectivity index (χ0v) is 11.8. The first-order valence-corrected chi connectivity index (χ1v) is 6.15. The Bertz CT molecular complexity index is 476. The second-order valence-corrected chi connectivity index (χ2v) is 5.06. The average molecular weight is 315 g/mol. The smallest absolute Gasteiger partial charge is 0.308 e. The molecule has 0 saturated heterocycles. The third-order valence-corrected chi connectivity index (χ3v) is 3.10. The lowest BCUT2D eigenvalue weighted by Crippen LogP contribution is -2.30. The molecule has 3 N–H and O–H groups in total. The van der Waals surface area contributed by atoms with Crippen LogP contribution in [-0.2, 0) is 4.79 Å². The van der Waals surface area contributed by atoms with E-state index in [-0.39, 0.29) is 0 Å². The Kier molecular flexibility index (Phi) is 4.72. The van der Waals surface area contributed by atoms with Crippen molar-refractivity contribution in [2.75, 3.05) is 18.5 Å². The summed E-state index contributed by atoms with van der Waals surface area (Å²) in [6.45, 7) is 1.91. The Morgan fingerprint density at radius 1 is 1.50 bits per heavy atom. The van der Waals surface area contributed by atoms with Crippen molar-refractivity contribution in [2.45, 2.75) is 6.92 Å². The van der Waals surface area contributed by atoms with E-state index in [0.29, 0.717) is 17.8 Å². The number of aliphatic carboxylic acids is 1. The summed E-state index contributed by atoms with van der Waals surface area (Å²) < 4.78 is 0.803. The van der Waals surface area contributed by atoms with E-state index in [1.807, 2.05) is 0 Å². The van der Waals surface area contributed by atoms with Gasteiger partial charge in [0.15, 0.2) is 0 Å². The summed E-state index contributed by atoms with van der Waals surface area (Å²) in [5.41, 5.74) is 6.28. The lowest BCUT2D eigenvalue weighted by Gasteiger charge is -2.23. The van der Waals surface area contributed by atoms with Crippen molar-refractivity contribution in [3.05, 3.63) is 28.2 Å². The highest BCUT2D eigenvalue weighted by Crippen LogP contribution is 2.24. The number of carboxylic acid groups (broad SMARTS) is 1. The van der Waals surface area contributed by atoms with Gasteiger partial charge in [0.25, 0.3) is 5.91 Å². The fourth-order valence-corrected chi connectivity index (χ4v) is 1.97. The van der Waals surface area contributed by atoms with Crippen molar-refractivity contribution >= 4 is 33.5 Å².